The molecule has 0 bridgehead atoms. The molecule has 0 fully saturated rings. The molecule has 2 aliphatic rings. The Bertz CT molecular complexity index is 3580. The van der Waals surface area contributed by atoms with Gasteiger partial charge in [0, 0.05) is 56.3 Å². The highest BCUT2D eigenvalue weighted by atomic mass is 16.5. The smallest absolute Gasteiger partial charge is 0.187 e. The lowest BCUT2D eigenvalue weighted by molar-refractivity contribution is 0.487. The van der Waals surface area contributed by atoms with E-state index in [4.69, 9.17) is 11.3 Å². The van der Waals surface area contributed by atoms with Crippen molar-refractivity contribution in [3.63, 3.8) is 0 Å². The molecule has 10 aromatic rings. The van der Waals surface area contributed by atoms with Crippen molar-refractivity contribution in [3.8, 4) is 33.8 Å². The number of fused-ring (bicyclic) bond motifs is 9. The quantitative estimate of drug-likeness (QED) is 0.123. The molecule has 4 heteroatoms. The standard InChI is InChI=1S/C60H43N3O/c1-37-31-39(61-5)32-38(2)59(37)63(41-19-10-7-11-20-41)55-36-51-49-24-16-26-56-58(49)52(35-50(51)44-21-12-13-23-47(44)55)48-30-28-43(34-57(48)64-56)62(40-17-8-6-9-18-40)42-27-29-46-45-22-14-15-25-53(45)60(3,4)54(46)33-42/h6-36H,1-4H3. The van der Waals surface area contributed by atoms with Crippen molar-refractivity contribution in [2.75, 3.05) is 9.80 Å². The Balaban J connectivity index is 1.05. The Kier molecular flexibility index (Phi) is 8.35. The largest absolute Gasteiger partial charge is 0.456 e. The maximum absolute atomic E-state index is 7.77. The highest BCUT2D eigenvalue weighted by Gasteiger charge is 2.36. The van der Waals surface area contributed by atoms with E-state index in [9.17, 15) is 0 Å². The Morgan fingerprint density at radius 3 is 1.77 bits per heavy atom. The normalized spacial score (nSPS) is 12.9. The third-order valence-electron chi connectivity index (χ3n) is 13.6. The molecule has 0 aromatic heterocycles. The van der Waals surface area contributed by atoms with Crippen LogP contribution in [-0.2, 0) is 5.41 Å². The van der Waals surface area contributed by atoms with Gasteiger partial charge >= 0.3 is 0 Å². The van der Waals surface area contributed by atoms with Gasteiger partial charge in [-0.3, -0.25) is 0 Å². The summed E-state index contributed by atoms with van der Waals surface area (Å²) in [6, 6.07) is 67.7. The van der Waals surface area contributed by atoms with Crippen molar-refractivity contribution in [1.82, 2.24) is 0 Å². The average Bonchev–Trinajstić information content (AvgIpc) is 3.55. The fraction of sp³-hybridized carbons (Fsp3) is 0.0833. The molecule has 1 heterocycles. The summed E-state index contributed by atoms with van der Waals surface area (Å²) in [6.45, 7) is 16.7. The third kappa shape index (κ3) is 5.61. The third-order valence-corrected chi connectivity index (χ3v) is 13.6. The van der Waals surface area contributed by atoms with Gasteiger partial charge in [-0.15, -0.1) is 0 Å². The van der Waals surface area contributed by atoms with Crippen LogP contribution in [0.2, 0.25) is 0 Å². The lowest BCUT2D eigenvalue weighted by Gasteiger charge is -2.31. The molecular formula is C60H43N3O. The fourth-order valence-corrected chi connectivity index (χ4v) is 10.7. The fourth-order valence-electron chi connectivity index (χ4n) is 10.7. The van der Waals surface area contributed by atoms with Crippen molar-refractivity contribution in [3.05, 3.63) is 222 Å². The molecule has 64 heavy (non-hydrogen) atoms. The van der Waals surface area contributed by atoms with Gasteiger partial charge in [0.1, 0.15) is 11.5 Å². The molecule has 0 unspecified atom stereocenters. The first-order chi connectivity index (χ1) is 31.3. The summed E-state index contributed by atoms with van der Waals surface area (Å²) in [5, 5.41) is 6.92. The van der Waals surface area contributed by atoms with Crippen molar-refractivity contribution in [2.24, 2.45) is 0 Å². The summed E-state index contributed by atoms with van der Waals surface area (Å²) >= 11 is 0. The van der Waals surface area contributed by atoms with Crippen LogP contribution in [0.4, 0.5) is 39.8 Å². The van der Waals surface area contributed by atoms with Crippen LogP contribution in [0.5, 0.6) is 11.5 Å². The maximum Gasteiger partial charge on any atom is 0.187 e. The van der Waals surface area contributed by atoms with E-state index >= 15 is 0 Å². The van der Waals surface area contributed by atoms with Gasteiger partial charge in [0.2, 0.25) is 0 Å². The van der Waals surface area contributed by atoms with E-state index in [0.29, 0.717) is 5.69 Å². The Morgan fingerprint density at radius 1 is 0.438 bits per heavy atom. The zero-order valence-electron chi connectivity index (χ0n) is 36.1. The molecular weight excluding hydrogens is 779 g/mol. The number of nitrogens with zero attached hydrogens (tertiary/aromatic N) is 3. The van der Waals surface area contributed by atoms with Gasteiger partial charge in [-0.1, -0.05) is 129 Å². The van der Waals surface area contributed by atoms with Gasteiger partial charge < -0.3 is 14.5 Å². The van der Waals surface area contributed by atoms with Crippen molar-refractivity contribution in [2.45, 2.75) is 33.1 Å². The minimum Gasteiger partial charge on any atom is -0.456 e. The number of rotatable bonds is 6. The summed E-state index contributed by atoms with van der Waals surface area (Å²) in [5.41, 5.74) is 16.6. The molecule has 0 saturated heterocycles. The summed E-state index contributed by atoms with van der Waals surface area (Å²) in [4.78, 5) is 8.52. The average molecular weight is 822 g/mol. The second kappa shape index (κ2) is 14.2. The molecule has 0 N–H and O–H groups in total. The lowest BCUT2D eigenvalue weighted by Crippen LogP contribution is -2.16. The number of hydrogen-bond donors (Lipinski definition) is 0. The van der Waals surface area contributed by atoms with Gasteiger partial charge in [-0.2, -0.15) is 0 Å². The van der Waals surface area contributed by atoms with Crippen LogP contribution in [-0.4, -0.2) is 0 Å². The Morgan fingerprint density at radius 2 is 1.03 bits per heavy atom. The number of hydrogen-bond acceptors (Lipinski definition) is 3. The molecule has 0 saturated carbocycles. The zero-order valence-corrected chi connectivity index (χ0v) is 36.1. The van der Waals surface area contributed by atoms with Crippen LogP contribution in [0, 0.1) is 20.4 Å². The van der Waals surface area contributed by atoms with E-state index in [1.54, 1.807) is 0 Å². The number of benzene rings is 10. The molecule has 0 amide bonds. The van der Waals surface area contributed by atoms with Crippen molar-refractivity contribution in [1.29, 1.82) is 0 Å². The van der Waals surface area contributed by atoms with E-state index in [-0.39, 0.29) is 5.41 Å². The maximum atomic E-state index is 7.77. The molecule has 4 nitrogen and oxygen atoms in total. The SMILES string of the molecule is [C-]#[N+]c1cc(C)c(N(c2ccccc2)c2cc3c4cccc5c4c(cc3c3ccccc23)-c2ccc(N(c3ccccc3)c3ccc4c(c3)C(C)(C)c3ccccc3-4)cc2O5)c(C)c1. The summed E-state index contributed by atoms with van der Waals surface area (Å²) in [5.74, 6) is 1.68. The highest BCUT2D eigenvalue weighted by Crippen LogP contribution is 2.54. The van der Waals surface area contributed by atoms with Gasteiger partial charge in [-0.25, -0.2) is 4.85 Å². The van der Waals surface area contributed by atoms with Gasteiger partial charge in [0.15, 0.2) is 5.69 Å². The Labute approximate surface area is 373 Å². The number of para-hydroxylation sites is 2. The number of anilines is 6. The van der Waals surface area contributed by atoms with Crippen LogP contribution in [0.1, 0.15) is 36.1 Å². The zero-order chi connectivity index (χ0) is 43.3. The molecule has 0 radical (unpaired) electrons. The van der Waals surface area contributed by atoms with E-state index in [0.717, 1.165) is 89.4 Å². The molecule has 0 spiro atoms. The first-order valence-electron chi connectivity index (χ1n) is 22.0. The molecule has 10 aromatic carbocycles. The van der Waals surface area contributed by atoms with E-state index in [1.165, 1.54) is 33.0 Å². The molecule has 1 aliphatic heterocycles. The van der Waals surface area contributed by atoms with Crippen LogP contribution >= 0.6 is 0 Å². The number of ether oxygens (including phenoxy) is 1. The van der Waals surface area contributed by atoms with Gasteiger partial charge in [0.25, 0.3) is 0 Å². The van der Waals surface area contributed by atoms with Crippen molar-refractivity contribution >= 4 is 72.1 Å². The van der Waals surface area contributed by atoms with E-state index in [1.807, 2.05) is 12.1 Å². The molecule has 12 rings (SSSR count). The van der Waals surface area contributed by atoms with Gasteiger partial charge in [-0.05, 0) is 141 Å². The predicted octanol–water partition coefficient (Wildman–Crippen LogP) is 17.3. The molecule has 304 valence electrons. The highest BCUT2D eigenvalue weighted by molar-refractivity contribution is 6.26. The van der Waals surface area contributed by atoms with Gasteiger partial charge in [0.05, 0.1) is 12.3 Å². The summed E-state index contributed by atoms with van der Waals surface area (Å²) in [7, 11) is 0. The number of aryl methyl sites for hydroxylation is 2. The van der Waals surface area contributed by atoms with Crippen LogP contribution < -0.4 is 14.5 Å². The van der Waals surface area contributed by atoms with Crippen LogP contribution in [0.3, 0.4) is 0 Å². The molecule has 0 atom stereocenters. The second-order valence-corrected chi connectivity index (χ2v) is 17.7. The van der Waals surface area contributed by atoms with Crippen molar-refractivity contribution < 1.29 is 4.74 Å². The second-order valence-electron chi connectivity index (χ2n) is 17.7. The predicted molar refractivity (Wildman–Crippen MR) is 267 cm³/mol. The first-order valence-corrected chi connectivity index (χ1v) is 22.0. The monoisotopic (exact) mass is 821 g/mol. The summed E-state index contributed by atoms with van der Waals surface area (Å²) in [6.07, 6.45) is 0. The first kappa shape index (κ1) is 37.6. The van der Waals surface area contributed by atoms with E-state index in [2.05, 4.69) is 218 Å². The minimum atomic E-state index is -0.123. The van der Waals surface area contributed by atoms with Crippen LogP contribution in [0.15, 0.2) is 188 Å². The summed E-state index contributed by atoms with van der Waals surface area (Å²) < 4.78 is 7.01. The lowest BCUT2D eigenvalue weighted by atomic mass is 9.82. The molecule has 1 aliphatic carbocycles. The van der Waals surface area contributed by atoms with E-state index < -0.39 is 0 Å². The Hall–Kier alpha value is -8.13. The minimum absolute atomic E-state index is 0.123. The van der Waals surface area contributed by atoms with Crippen LogP contribution in [0.25, 0.3) is 59.4 Å². The topological polar surface area (TPSA) is 20.1 Å².